The lowest BCUT2D eigenvalue weighted by molar-refractivity contribution is 0.0956. The lowest BCUT2D eigenvalue weighted by Crippen LogP contribution is -2.22. The van der Waals surface area contributed by atoms with Crippen LogP contribution in [0.5, 0.6) is 0 Å². The van der Waals surface area contributed by atoms with E-state index in [4.69, 9.17) is 0 Å². The molecule has 15 heavy (non-hydrogen) atoms. The molecule has 0 unspecified atom stereocenters. The molecule has 0 aliphatic heterocycles. The van der Waals surface area contributed by atoms with Crippen molar-refractivity contribution < 1.29 is 4.79 Å². The highest BCUT2D eigenvalue weighted by atomic mass is 32.1. The topological polar surface area (TPSA) is 29.1 Å². The Labute approximate surface area is 94.3 Å². The minimum Gasteiger partial charge on any atom is -0.352 e. The number of amides is 1. The van der Waals surface area contributed by atoms with Crippen LogP contribution in [0.25, 0.3) is 12.2 Å². The van der Waals surface area contributed by atoms with Crippen molar-refractivity contribution in [3.8, 4) is 0 Å². The Bertz CT molecular complexity index is 390. The summed E-state index contributed by atoms with van der Waals surface area (Å²) in [6.07, 6.45) is 5.65. The van der Waals surface area contributed by atoms with Crippen LogP contribution in [0.1, 0.15) is 34.6 Å². The molecule has 1 aromatic rings. The van der Waals surface area contributed by atoms with E-state index in [1.807, 2.05) is 31.4 Å². The molecule has 3 heteroatoms. The lowest BCUT2D eigenvalue weighted by Gasteiger charge is -2.01. The summed E-state index contributed by atoms with van der Waals surface area (Å²) in [5.41, 5.74) is 1.69. The molecular weight excluding hydrogens is 206 g/mol. The van der Waals surface area contributed by atoms with Crippen molar-refractivity contribution in [2.45, 2.75) is 13.8 Å². The van der Waals surface area contributed by atoms with Gasteiger partial charge in [0.25, 0.3) is 5.91 Å². The fourth-order valence-corrected chi connectivity index (χ4v) is 2.19. The lowest BCUT2D eigenvalue weighted by atomic mass is 10.1. The largest absolute Gasteiger partial charge is 0.352 e. The third kappa shape index (κ3) is 2.57. The van der Waals surface area contributed by atoms with Gasteiger partial charge in [-0.25, -0.2) is 0 Å². The number of nitrogens with one attached hydrogen (secondary N) is 1. The second-order valence-corrected chi connectivity index (χ2v) is 3.90. The molecule has 1 aromatic heterocycles. The maximum absolute atomic E-state index is 11.7. The van der Waals surface area contributed by atoms with E-state index >= 15 is 0 Å². The van der Waals surface area contributed by atoms with E-state index in [0.717, 1.165) is 16.0 Å². The number of carbonyl (C=O) groups is 1. The van der Waals surface area contributed by atoms with Crippen molar-refractivity contribution >= 4 is 29.4 Å². The average molecular weight is 221 g/mol. The Balaban J connectivity index is 3.12. The van der Waals surface area contributed by atoms with E-state index in [0.29, 0.717) is 6.54 Å². The molecule has 0 aromatic carbocycles. The summed E-state index contributed by atoms with van der Waals surface area (Å²) in [4.78, 5) is 12.7. The quantitative estimate of drug-likeness (QED) is 0.831. The number of rotatable bonds is 4. The fourth-order valence-electron chi connectivity index (χ4n) is 1.31. The van der Waals surface area contributed by atoms with Crippen LogP contribution in [-0.4, -0.2) is 12.5 Å². The molecule has 0 radical (unpaired) electrons. The monoisotopic (exact) mass is 221 g/mol. The molecule has 2 nitrogen and oxygen atoms in total. The van der Waals surface area contributed by atoms with Crippen LogP contribution in [0.2, 0.25) is 0 Å². The van der Waals surface area contributed by atoms with Gasteiger partial charge in [0.05, 0.1) is 5.56 Å². The number of carbonyl (C=O) groups excluding carboxylic acids is 1. The zero-order chi connectivity index (χ0) is 11.3. The normalized spacial score (nSPS) is 10.5. The van der Waals surface area contributed by atoms with Gasteiger partial charge in [-0.3, -0.25) is 4.79 Å². The van der Waals surface area contributed by atoms with Gasteiger partial charge in [0.15, 0.2) is 0 Å². The first-order valence-corrected chi connectivity index (χ1v) is 5.77. The third-order valence-corrected chi connectivity index (χ3v) is 2.95. The number of hydrogen-bond acceptors (Lipinski definition) is 2. The van der Waals surface area contributed by atoms with Crippen LogP contribution in [0.15, 0.2) is 18.0 Å². The second-order valence-electron chi connectivity index (χ2n) is 2.99. The van der Waals surface area contributed by atoms with Crippen LogP contribution in [0.4, 0.5) is 0 Å². The fraction of sp³-hybridized carbons (Fsp3) is 0.250. The van der Waals surface area contributed by atoms with Gasteiger partial charge in [0.2, 0.25) is 0 Å². The minimum absolute atomic E-state index is 0.0186. The van der Waals surface area contributed by atoms with Gasteiger partial charge in [-0.2, -0.15) is 0 Å². The van der Waals surface area contributed by atoms with Crippen molar-refractivity contribution in [1.82, 2.24) is 5.32 Å². The summed E-state index contributed by atoms with van der Waals surface area (Å²) in [6, 6.07) is 0. The molecule has 0 fully saturated rings. The Morgan fingerprint density at radius 1 is 1.67 bits per heavy atom. The van der Waals surface area contributed by atoms with E-state index in [1.54, 1.807) is 17.4 Å². The Morgan fingerprint density at radius 3 is 2.93 bits per heavy atom. The van der Waals surface area contributed by atoms with Crippen LogP contribution < -0.4 is 5.32 Å². The smallest absolute Gasteiger partial charge is 0.252 e. The Hall–Kier alpha value is -1.35. The number of hydrogen-bond donors (Lipinski definition) is 1. The maximum Gasteiger partial charge on any atom is 0.252 e. The summed E-state index contributed by atoms with van der Waals surface area (Å²) >= 11 is 1.54. The molecule has 0 saturated carbocycles. The zero-order valence-corrected chi connectivity index (χ0v) is 9.86. The highest BCUT2D eigenvalue weighted by Crippen LogP contribution is 2.25. The van der Waals surface area contributed by atoms with Gasteiger partial charge < -0.3 is 5.32 Å². The Morgan fingerprint density at radius 2 is 2.40 bits per heavy atom. The summed E-state index contributed by atoms with van der Waals surface area (Å²) in [5.74, 6) is -0.0186. The molecule has 0 bridgehead atoms. The predicted octanol–water partition coefficient (Wildman–Crippen LogP) is 3.17. The van der Waals surface area contributed by atoms with Crippen LogP contribution >= 0.6 is 11.3 Å². The molecule has 1 N–H and O–H groups in total. The first-order chi connectivity index (χ1) is 7.24. The van der Waals surface area contributed by atoms with Gasteiger partial charge in [0.1, 0.15) is 0 Å². The summed E-state index contributed by atoms with van der Waals surface area (Å²) in [5, 5.41) is 4.67. The number of allylic oxidation sites excluding steroid dienone is 1. The molecule has 1 heterocycles. The highest BCUT2D eigenvalue weighted by Gasteiger charge is 2.13. The van der Waals surface area contributed by atoms with E-state index in [-0.39, 0.29) is 5.91 Å². The third-order valence-electron chi connectivity index (χ3n) is 1.96. The zero-order valence-electron chi connectivity index (χ0n) is 9.04. The van der Waals surface area contributed by atoms with Crippen LogP contribution in [0.3, 0.4) is 0 Å². The van der Waals surface area contributed by atoms with Crippen LogP contribution in [0, 0.1) is 0 Å². The molecular formula is C12H15NOS. The van der Waals surface area contributed by atoms with Crippen molar-refractivity contribution in [1.29, 1.82) is 0 Å². The summed E-state index contributed by atoms with van der Waals surface area (Å²) in [6.45, 7) is 8.23. The van der Waals surface area contributed by atoms with Crippen molar-refractivity contribution in [2.24, 2.45) is 0 Å². The molecule has 0 atom stereocenters. The molecule has 0 aliphatic carbocycles. The molecule has 1 amide bonds. The van der Waals surface area contributed by atoms with E-state index in [9.17, 15) is 4.79 Å². The van der Waals surface area contributed by atoms with Crippen molar-refractivity contribution in [3.05, 3.63) is 34.0 Å². The molecule has 0 spiro atoms. The first-order valence-electron chi connectivity index (χ1n) is 4.89. The highest BCUT2D eigenvalue weighted by molar-refractivity contribution is 7.11. The van der Waals surface area contributed by atoms with E-state index in [2.05, 4.69) is 11.9 Å². The number of thiophene rings is 1. The minimum atomic E-state index is -0.0186. The first kappa shape index (κ1) is 11.7. The summed E-state index contributed by atoms with van der Waals surface area (Å²) < 4.78 is 0. The molecule has 0 saturated heterocycles. The molecule has 0 aliphatic rings. The van der Waals surface area contributed by atoms with E-state index in [1.165, 1.54) is 0 Å². The standard InChI is InChI=1S/C12H15NOS/c1-4-7-9-10(12(14)13-6-3)8-15-11(9)5-2/h4-5,7-8H,2,6H2,1,3H3,(H,13,14)/b7-4-. The molecule has 80 valence electrons. The van der Waals surface area contributed by atoms with Crippen LogP contribution in [-0.2, 0) is 0 Å². The SMILES string of the molecule is C=Cc1scc(C(=O)NCC)c1/C=C\C. The van der Waals surface area contributed by atoms with Crippen molar-refractivity contribution in [2.75, 3.05) is 6.54 Å². The summed E-state index contributed by atoms with van der Waals surface area (Å²) in [7, 11) is 0. The van der Waals surface area contributed by atoms with Gasteiger partial charge in [-0.05, 0) is 13.8 Å². The van der Waals surface area contributed by atoms with Gasteiger partial charge in [-0.15, -0.1) is 11.3 Å². The average Bonchev–Trinajstić information content (AvgIpc) is 2.62. The second kappa shape index (κ2) is 5.51. The van der Waals surface area contributed by atoms with Gasteiger partial charge >= 0.3 is 0 Å². The maximum atomic E-state index is 11.7. The molecule has 1 rings (SSSR count). The van der Waals surface area contributed by atoms with E-state index < -0.39 is 0 Å². The van der Waals surface area contributed by atoms with Gasteiger partial charge in [-0.1, -0.05) is 24.8 Å². The van der Waals surface area contributed by atoms with Gasteiger partial charge in [0, 0.05) is 22.4 Å². The predicted molar refractivity (Wildman–Crippen MR) is 67.1 cm³/mol. The van der Waals surface area contributed by atoms with Crippen molar-refractivity contribution in [3.63, 3.8) is 0 Å². The Kier molecular flexibility index (Phi) is 4.31.